The molecule has 0 unspecified atom stereocenters. The first-order chi connectivity index (χ1) is 5.39. The SMILES string of the molecule is O=C1CCCO1.c1cc[nH]c1. The summed E-state index contributed by atoms with van der Waals surface area (Å²) < 4.78 is 4.51. The van der Waals surface area contributed by atoms with Crippen LogP contribution >= 0.6 is 0 Å². The van der Waals surface area contributed by atoms with Crippen molar-refractivity contribution < 1.29 is 9.53 Å². The van der Waals surface area contributed by atoms with E-state index in [0.717, 1.165) is 6.42 Å². The summed E-state index contributed by atoms with van der Waals surface area (Å²) in [6.45, 7) is 0.638. The Labute approximate surface area is 65.4 Å². The van der Waals surface area contributed by atoms with E-state index < -0.39 is 0 Å². The maximum atomic E-state index is 10.0. The van der Waals surface area contributed by atoms with E-state index in [9.17, 15) is 4.79 Å². The second-order valence-corrected chi connectivity index (χ2v) is 2.21. The van der Waals surface area contributed by atoms with E-state index in [0.29, 0.717) is 13.0 Å². The van der Waals surface area contributed by atoms with Crippen LogP contribution in [0.1, 0.15) is 12.8 Å². The number of rotatable bonds is 0. The molecule has 1 N–H and O–H groups in total. The van der Waals surface area contributed by atoms with Gasteiger partial charge >= 0.3 is 5.97 Å². The molecule has 0 aliphatic carbocycles. The van der Waals surface area contributed by atoms with Crippen LogP contribution in [0.15, 0.2) is 24.5 Å². The Morgan fingerprint density at radius 1 is 1.36 bits per heavy atom. The van der Waals surface area contributed by atoms with Gasteiger partial charge in [0.15, 0.2) is 0 Å². The Morgan fingerprint density at radius 3 is 2.27 bits per heavy atom. The standard InChI is InChI=1S/C4H5N.C4H6O2/c1-2-4-5-3-1;5-4-2-1-3-6-4/h1-5H;1-3H2. The van der Waals surface area contributed by atoms with Gasteiger partial charge < -0.3 is 9.72 Å². The van der Waals surface area contributed by atoms with Gasteiger partial charge in [0, 0.05) is 18.8 Å². The van der Waals surface area contributed by atoms with Gasteiger partial charge in [0.1, 0.15) is 0 Å². The lowest BCUT2D eigenvalue weighted by molar-refractivity contribution is -0.137. The summed E-state index contributed by atoms with van der Waals surface area (Å²) in [5, 5.41) is 0. The minimum Gasteiger partial charge on any atom is -0.466 e. The smallest absolute Gasteiger partial charge is 0.305 e. The third-order valence-electron chi connectivity index (χ3n) is 1.28. The zero-order valence-corrected chi connectivity index (χ0v) is 6.25. The molecule has 0 amide bonds. The molecule has 60 valence electrons. The maximum absolute atomic E-state index is 10.0. The largest absolute Gasteiger partial charge is 0.466 e. The predicted molar refractivity (Wildman–Crippen MR) is 41.0 cm³/mol. The molecule has 1 fully saturated rings. The summed E-state index contributed by atoms with van der Waals surface area (Å²) in [4.78, 5) is 12.9. The molecule has 0 spiro atoms. The molecule has 3 heteroatoms. The van der Waals surface area contributed by atoms with Gasteiger partial charge in [-0.25, -0.2) is 0 Å². The molecular formula is C8H11NO2. The topological polar surface area (TPSA) is 42.1 Å². The van der Waals surface area contributed by atoms with E-state index in [1.54, 1.807) is 0 Å². The number of aromatic amines is 1. The molecule has 3 nitrogen and oxygen atoms in total. The summed E-state index contributed by atoms with van der Waals surface area (Å²) in [5.41, 5.74) is 0. The normalized spacial score (nSPS) is 15.1. The molecule has 2 heterocycles. The molecule has 2 rings (SSSR count). The van der Waals surface area contributed by atoms with Crippen molar-refractivity contribution in [3.8, 4) is 0 Å². The van der Waals surface area contributed by atoms with Gasteiger partial charge in [0.25, 0.3) is 0 Å². The zero-order valence-electron chi connectivity index (χ0n) is 6.25. The number of aromatic nitrogens is 1. The van der Waals surface area contributed by atoms with Gasteiger partial charge in [-0.05, 0) is 18.6 Å². The maximum Gasteiger partial charge on any atom is 0.305 e. The van der Waals surface area contributed by atoms with Crippen molar-refractivity contribution >= 4 is 5.97 Å². The Kier molecular flexibility index (Phi) is 3.25. The van der Waals surface area contributed by atoms with Gasteiger partial charge in [-0.15, -0.1) is 0 Å². The number of esters is 1. The lowest BCUT2D eigenvalue weighted by Crippen LogP contribution is -1.88. The van der Waals surface area contributed by atoms with Crippen LogP contribution < -0.4 is 0 Å². The molecule has 1 aliphatic heterocycles. The minimum atomic E-state index is -0.0463. The van der Waals surface area contributed by atoms with Gasteiger partial charge in [0.05, 0.1) is 6.61 Å². The summed E-state index contributed by atoms with van der Waals surface area (Å²) >= 11 is 0. The first-order valence-electron chi connectivity index (χ1n) is 3.63. The minimum absolute atomic E-state index is 0.0463. The molecule has 0 radical (unpaired) electrons. The second-order valence-electron chi connectivity index (χ2n) is 2.21. The molecule has 1 aromatic heterocycles. The molecular weight excluding hydrogens is 142 g/mol. The van der Waals surface area contributed by atoms with Crippen LogP contribution in [-0.4, -0.2) is 17.6 Å². The van der Waals surface area contributed by atoms with Crippen molar-refractivity contribution in [1.29, 1.82) is 0 Å². The van der Waals surface area contributed by atoms with Gasteiger partial charge in [-0.1, -0.05) is 0 Å². The second kappa shape index (κ2) is 4.55. The lowest BCUT2D eigenvalue weighted by Gasteiger charge is -1.81. The highest BCUT2D eigenvalue weighted by Crippen LogP contribution is 2.01. The van der Waals surface area contributed by atoms with E-state index in [2.05, 4.69) is 9.72 Å². The predicted octanol–water partition coefficient (Wildman–Crippen LogP) is 1.34. The number of hydrogen-bond donors (Lipinski definition) is 1. The third kappa shape index (κ3) is 3.45. The number of carbonyl (C=O) groups is 1. The quantitative estimate of drug-likeness (QED) is 0.571. The molecule has 0 saturated carbocycles. The van der Waals surface area contributed by atoms with E-state index in [1.165, 1.54) is 0 Å². The fourth-order valence-electron chi connectivity index (χ4n) is 0.752. The van der Waals surface area contributed by atoms with Crippen molar-refractivity contribution in [3.05, 3.63) is 24.5 Å². The van der Waals surface area contributed by atoms with Crippen molar-refractivity contribution in [2.24, 2.45) is 0 Å². The molecule has 0 aromatic carbocycles. The summed E-state index contributed by atoms with van der Waals surface area (Å²) in [7, 11) is 0. The Balaban J connectivity index is 0.000000112. The van der Waals surface area contributed by atoms with Crippen molar-refractivity contribution in [3.63, 3.8) is 0 Å². The highest BCUT2D eigenvalue weighted by Gasteiger charge is 2.08. The number of nitrogens with one attached hydrogen (secondary N) is 1. The average Bonchev–Trinajstić information content (AvgIpc) is 2.57. The van der Waals surface area contributed by atoms with Crippen LogP contribution in [0.2, 0.25) is 0 Å². The number of ether oxygens (including phenoxy) is 1. The number of H-pyrrole nitrogens is 1. The van der Waals surface area contributed by atoms with E-state index in [-0.39, 0.29) is 5.97 Å². The van der Waals surface area contributed by atoms with Crippen LogP contribution in [0.4, 0.5) is 0 Å². The summed E-state index contributed by atoms with van der Waals surface area (Å²) in [6, 6.07) is 3.89. The van der Waals surface area contributed by atoms with Gasteiger partial charge in [-0.3, -0.25) is 4.79 Å². The first-order valence-corrected chi connectivity index (χ1v) is 3.63. The molecule has 1 aromatic rings. The lowest BCUT2D eigenvalue weighted by atomic mass is 10.4. The molecule has 0 atom stereocenters. The number of hydrogen-bond acceptors (Lipinski definition) is 2. The highest BCUT2D eigenvalue weighted by atomic mass is 16.5. The monoisotopic (exact) mass is 153 g/mol. The number of cyclic esters (lactones) is 1. The van der Waals surface area contributed by atoms with Crippen LogP contribution in [-0.2, 0) is 9.53 Å². The zero-order chi connectivity index (χ0) is 7.94. The van der Waals surface area contributed by atoms with Crippen molar-refractivity contribution in [2.75, 3.05) is 6.61 Å². The van der Waals surface area contributed by atoms with Crippen LogP contribution in [0.5, 0.6) is 0 Å². The Bertz CT molecular complexity index is 169. The molecule has 0 bridgehead atoms. The van der Waals surface area contributed by atoms with Crippen LogP contribution in [0.25, 0.3) is 0 Å². The highest BCUT2D eigenvalue weighted by molar-refractivity contribution is 5.70. The molecule has 1 saturated heterocycles. The van der Waals surface area contributed by atoms with Crippen molar-refractivity contribution in [2.45, 2.75) is 12.8 Å². The Morgan fingerprint density at radius 2 is 2.09 bits per heavy atom. The first kappa shape index (κ1) is 7.85. The van der Waals surface area contributed by atoms with Crippen LogP contribution in [0.3, 0.4) is 0 Å². The van der Waals surface area contributed by atoms with E-state index in [4.69, 9.17) is 0 Å². The molecule has 1 aliphatic rings. The van der Waals surface area contributed by atoms with Gasteiger partial charge in [-0.2, -0.15) is 0 Å². The Hall–Kier alpha value is -1.25. The van der Waals surface area contributed by atoms with E-state index in [1.807, 2.05) is 24.5 Å². The van der Waals surface area contributed by atoms with E-state index >= 15 is 0 Å². The fraction of sp³-hybridized carbons (Fsp3) is 0.375. The number of carbonyl (C=O) groups excluding carboxylic acids is 1. The third-order valence-corrected chi connectivity index (χ3v) is 1.28. The van der Waals surface area contributed by atoms with Crippen molar-refractivity contribution in [1.82, 2.24) is 4.98 Å². The molecule has 11 heavy (non-hydrogen) atoms. The summed E-state index contributed by atoms with van der Waals surface area (Å²) in [5.74, 6) is -0.0463. The van der Waals surface area contributed by atoms with Crippen LogP contribution in [0, 0.1) is 0 Å². The van der Waals surface area contributed by atoms with Gasteiger partial charge in [0.2, 0.25) is 0 Å². The summed E-state index contributed by atoms with van der Waals surface area (Å²) in [6.07, 6.45) is 5.29. The fourth-order valence-corrected chi connectivity index (χ4v) is 0.752. The average molecular weight is 153 g/mol.